The molecule has 35 heavy (non-hydrogen) atoms. The SMILES string of the molecule is CN1CCC(c2cc(Br)ccc2N)=CC1c1ccc(C(F)(F)F)cc1.O=COc1ccc(F)cc1. The molecular weight excluding hydrogens is 528 g/mol. The highest BCUT2D eigenvalue weighted by Gasteiger charge is 2.30. The zero-order valence-corrected chi connectivity index (χ0v) is 20.3. The summed E-state index contributed by atoms with van der Waals surface area (Å²) in [7, 11) is 1.97. The summed E-state index contributed by atoms with van der Waals surface area (Å²) in [5.41, 5.74) is 9.10. The van der Waals surface area contributed by atoms with Crippen molar-refractivity contribution >= 4 is 33.7 Å². The van der Waals surface area contributed by atoms with Gasteiger partial charge in [-0.2, -0.15) is 13.2 Å². The second kappa shape index (κ2) is 11.5. The van der Waals surface area contributed by atoms with Crippen molar-refractivity contribution in [3.63, 3.8) is 0 Å². The van der Waals surface area contributed by atoms with E-state index in [-0.39, 0.29) is 11.9 Å². The Bertz CT molecular complexity index is 1180. The van der Waals surface area contributed by atoms with Crippen LogP contribution in [0.1, 0.15) is 29.2 Å². The van der Waals surface area contributed by atoms with Gasteiger partial charge in [-0.05, 0) is 79.2 Å². The van der Waals surface area contributed by atoms with Crippen molar-refractivity contribution < 1.29 is 27.1 Å². The number of carbonyl (C=O) groups is 1. The van der Waals surface area contributed by atoms with E-state index >= 15 is 0 Å². The third-order valence-electron chi connectivity index (χ3n) is 5.51. The fourth-order valence-corrected chi connectivity index (χ4v) is 4.02. The molecule has 1 aliphatic rings. The summed E-state index contributed by atoms with van der Waals surface area (Å²) in [6.45, 7) is 1.11. The molecule has 0 aromatic heterocycles. The van der Waals surface area contributed by atoms with Crippen molar-refractivity contribution in [2.45, 2.75) is 18.6 Å². The van der Waals surface area contributed by atoms with Crippen molar-refractivity contribution in [3.05, 3.63) is 99.8 Å². The van der Waals surface area contributed by atoms with Crippen LogP contribution in [0.15, 0.2) is 77.3 Å². The smallest absolute Gasteiger partial charge is 0.416 e. The van der Waals surface area contributed by atoms with Crippen molar-refractivity contribution in [2.24, 2.45) is 0 Å². The predicted molar refractivity (Wildman–Crippen MR) is 131 cm³/mol. The molecule has 0 amide bonds. The molecule has 0 aliphatic carbocycles. The van der Waals surface area contributed by atoms with Gasteiger partial charge < -0.3 is 10.5 Å². The van der Waals surface area contributed by atoms with Crippen LogP contribution in [-0.2, 0) is 11.0 Å². The lowest BCUT2D eigenvalue weighted by Crippen LogP contribution is -2.28. The Labute approximate surface area is 209 Å². The molecule has 1 aliphatic heterocycles. The fourth-order valence-electron chi connectivity index (χ4n) is 3.66. The minimum Gasteiger partial charge on any atom is -0.429 e. The van der Waals surface area contributed by atoms with Gasteiger partial charge in [0.05, 0.1) is 11.6 Å². The number of nitrogens with zero attached hydrogens (tertiary/aromatic N) is 1. The maximum absolute atomic E-state index is 12.8. The maximum Gasteiger partial charge on any atom is 0.416 e. The summed E-state index contributed by atoms with van der Waals surface area (Å²) in [6.07, 6.45) is -1.39. The molecule has 0 saturated heterocycles. The van der Waals surface area contributed by atoms with E-state index in [4.69, 9.17) is 5.73 Å². The van der Waals surface area contributed by atoms with Crippen LogP contribution in [0, 0.1) is 5.82 Å². The van der Waals surface area contributed by atoms with E-state index in [1.54, 1.807) is 12.1 Å². The maximum atomic E-state index is 12.8. The molecule has 3 aromatic carbocycles. The molecule has 1 atom stereocenters. The molecule has 4 rings (SSSR count). The number of hydrogen-bond acceptors (Lipinski definition) is 4. The van der Waals surface area contributed by atoms with Crippen LogP contribution in [0.25, 0.3) is 5.57 Å². The van der Waals surface area contributed by atoms with E-state index in [9.17, 15) is 22.4 Å². The van der Waals surface area contributed by atoms with E-state index in [1.807, 2.05) is 25.2 Å². The number of carbonyl (C=O) groups excluding carboxylic acids is 1. The Morgan fingerprint density at radius 3 is 2.31 bits per heavy atom. The molecule has 2 N–H and O–H groups in total. The van der Waals surface area contributed by atoms with Gasteiger partial charge in [0.25, 0.3) is 6.47 Å². The van der Waals surface area contributed by atoms with E-state index in [1.165, 1.54) is 24.3 Å². The van der Waals surface area contributed by atoms with Gasteiger partial charge in [0.1, 0.15) is 11.6 Å². The minimum absolute atomic E-state index is 0.0792. The van der Waals surface area contributed by atoms with E-state index in [0.29, 0.717) is 17.9 Å². The lowest BCUT2D eigenvalue weighted by Gasteiger charge is -2.32. The van der Waals surface area contributed by atoms with Gasteiger partial charge in [0.15, 0.2) is 0 Å². The average Bonchev–Trinajstić information content (AvgIpc) is 2.83. The molecule has 0 radical (unpaired) electrons. The van der Waals surface area contributed by atoms with Crippen molar-refractivity contribution in [1.29, 1.82) is 0 Å². The molecule has 3 aromatic rings. The van der Waals surface area contributed by atoms with Crippen LogP contribution in [-0.4, -0.2) is 25.0 Å². The largest absolute Gasteiger partial charge is 0.429 e. The normalized spacial score (nSPS) is 16.1. The number of halogens is 5. The van der Waals surface area contributed by atoms with Crippen molar-refractivity contribution in [3.8, 4) is 5.75 Å². The lowest BCUT2D eigenvalue weighted by atomic mass is 9.91. The Hall–Kier alpha value is -3.17. The van der Waals surface area contributed by atoms with Crippen LogP contribution in [0.3, 0.4) is 0 Å². The summed E-state index contributed by atoms with van der Waals surface area (Å²) in [4.78, 5) is 11.9. The van der Waals surface area contributed by atoms with Crippen LogP contribution in [0.5, 0.6) is 5.75 Å². The molecule has 1 unspecified atom stereocenters. The van der Waals surface area contributed by atoms with E-state index in [2.05, 4.69) is 31.6 Å². The molecule has 0 spiro atoms. The quantitative estimate of drug-likeness (QED) is 0.219. The first-order valence-electron chi connectivity index (χ1n) is 10.6. The molecular formula is C26H23BrF4N2O2. The first kappa shape index (κ1) is 26.4. The van der Waals surface area contributed by atoms with Gasteiger partial charge in [0, 0.05) is 22.3 Å². The lowest BCUT2D eigenvalue weighted by molar-refractivity contribution is -0.137. The second-order valence-corrected chi connectivity index (χ2v) is 8.80. The zero-order valence-electron chi connectivity index (χ0n) is 18.7. The first-order valence-corrected chi connectivity index (χ1v) is 11.4. The standard InChI is InChI=1S/C19H18BrF3N2.C7H5FO2/c1-25-9-8-13(16-11-15(20)6-7-17(16)24)10-18(25)12-2-4-14(5-3-12)19(21,22)23;8-6-1-3-7(4-2-6)10-5-9/h2-7,10-11,18H,8-9,24H2,1H3;1-5H. The molecule has 4 nitrogen and oxygen atoms in total. The summed E-state index contributed by atoms with van der Waals surface area (Å²) < 4.78 is 55.8. The Balaban J connectivity index is 0.000000287. The van der Waals surface area contributed by atoms with Crippen molar-refractivity contribution in [2.75, 3.05) is 19.3 Å². The molecule has 0 fully saturated rings. The number of likely N-dealkylation sites (N-methyl/N-ethyl adjacent to an activating group) is 1. The minimum atomic E-state index is -4.32. The molecule has 184 valence electrons. The third-order valence-corrected chi connectivity index (χ3v) is 6.00. The second-order valence-electron chi connectivity index (χ2n) is 7.89. The predicted octanol–water partition coefficient (Wildman–Crippen LogP) is 6.87. The van der Waals surface area contributed by atoms with Gasteiger partial charge in [0.2, 0.25) is 0 Å². The van der Waals surface area contributed by atoms with Gasteiger partial charge in [-0.3, -0.25) is 9.69 Å². The van der Waals surface area contributed by atoms with Crippen LogP contribution >= 0.6 is 15.9 Å². The number of alkyl halides is 3. The van der Waals surface area contributed by atoms with Gasteiger partial charge >= 0.3 is 6.18 Å². The van der Waals surface area contributed by atoms with Gasteiger partial charge in [-0.15, -0.1) is 0 Å². The number of hydrogen-bond donors (Lipinski definition) is 1. The molecule has 0 saturated carbocycles. The summed E-state index contributed by atoms with van der Waals surface area (Å²) in [5, 5.41) is 0. The van der Waals surface area contributed by atoms with Crippen LogP contribution < -0.4 is 10.5 Å². The molecule has 1 heterocycles. The number of anilines is 1. The summed E-state index contributed by atoms with van der Waals surface area (Å²) in [5.74, 6) is -0.00495. The Kier molecular flexibility index (Phi) is 8.69. The van der Waals surface area contributed by atoms with Crippen LogP contribution in [0.4, 0.5) is 23.2 Å². The molecule has 9 heteroatoms. The van der Waals surface area contributed by atoms with E-state index in [0.717, 1.165) is 46.3 Å². The van der Waals surface area contributed by atoms with Crippen LogP contribution in [0.2, 0.25) is 0 Å². The summed E-state index contributed by atoms with van der Waals surface area (Å²) in [6, 6.07) is 16.2. The highest BCUT2D eigenvalue weighted by atomic mass is 79.9. The number of benzene rings is 3. The molecule has 0 bridgehead atoms. The average molecular weight is 551 g/mol. The highest BCUT2D eigenvalue weighted by Crippen LogP contribution is 2.37. The van der Waals surface area contributed by atoms with Crippen molar-refractivity contribution in [1.82, 2.24) is 4.90 Å². The third kappa shape index (κ3) is 7.16. The van der Waals surface area contributed by atoms with Gasteiger partial charge in [-0.1, -0.05) is 34.1 Å². The zero-order chi connectivity index (χ0) is 25.6. The van der Waals surface area contributed by atoms with E-state index < -0.39 is 11.7 Å². The summed E-state index contributed by atoms with van der Waals surface area (Å²) >= 11 is 3.46. The monoisotopic (exact) mass is 550 g/mol. The fraction of sp³-hybridized carbons (Fsp3) is 0.192. The number of ether oxygens (including phenoxy) is 1. The first-order chi connectivity index (χ1) is 16.6. The Morgan fingerprint density at radius 1 is 1.06 bits per heavy atom. The topological polar surface area (TPSA) is 55.6 Å². The van der Waals surface area contributed by atoms with Gasteiger partial charge in [-0.25, -0.2) is 4.39 Å². The highest BCUT2D eigenvalue weighted by molar-refractivity contribution is 9.10. The Morgan fingerprint density at radius 2 is 1.71 bits per heavy atom. The number of rotatable bonds is 4. The number of nitrogen functional groups attached to an aromatic ring is 1. The number of nitrogens with two attached hydrogens (primary N) is 1.